The number of nitrogens with zero attached hydrogens (tertiary/aromatic N) is 2. The van der Waals surface area contributed by atoms with Crippen molar-refractivity contribution in [3.63, 3.8) is 0 Å². The summed E-state index contributed by atoms with van der Waals surface area (Å²) in [5.74, 6) is -0.942. The number of fused-ring (bicyclic) bond motifs is 3. The standard InChI is InChI=1S/C20H17ClN4O3S/c1-29(27)12-7-9-16(21)15(10-12)20(23)28-25-18-13-5-3-2-4-11(13)6-8-14(18)17(24-25)19(22)26/h2-5,7,9-10,23H,6,8H2,1H3,(H2,22,26). The fourth-order valence-corrected chi connectivity index (χ4v) is 4.16. The molecule has 1 atom stereocenters. The average molecular weight is 429 g/mol. The number of nitrogens with one attached hydrogen (secondary N) is 1. The zero-order valence-electron chi connectivity index (χ0n) is 15.4. The third-order valence-corrected chi connectivity index (χ3v) is 6.04. The van der Waals surface area contributed by atoms with Gasteiger partial charge in [-0.05, 0) is 41.7 Å². The van der Waals surface area contributed by atoms with Crippen molar-refractivity contribution in [1.29, 1.82) is 5.41 Å². The predicted octanol–water partition coefficient (Wildman–Crippen LogP) is 2.59. The van der Waals surface area contributed by atoms with Crippen LogP contribution in [0.2, 0.25) is 5.02 Å². The highest BCUT2D eigenvalue weighted by Gasteiger charge is 2.29. The summed E-state index contributed by atoms with van der Waals surface area (Å²) in [7, 11) is 0. The van der Waals surface area contributed by atoms with Crippen molar-refractivity contribution in [2.45, 2.75) is 17.7 Å². The molecule has 0 spiro atoms. The molecule has 3 N–H and O–H groups in total. The third kappa shape index (κ3) is 3.50. The molecule has 4 rings (SSSR count). The summed E-state index contributed by atoms with van der Waals surface area (Å²) < 4.78 is 11.8. The third-order valence-electron chi connectivity index (χ3n) is 4.80. The Kier molecular flexibility index (Phi) is 5.08. The second kappa shape index (κ2) is 7.55. The number of halogens is 1. The Balaban J connectivity index is 1.79. The van der Waals surface area contributed by atoms with Gasteiger partial charge >= 0.3 is 0 Å². The number of rotatable bonds is 4. The van der Waals surface area contributed by atoms with Crippen molar-refractivity contribution in [2.75, 3.05) is 6.26 Å². The maximum atomic E-state index is 11.9. The van der Waals surface area contributed by atoms with Crippen molar-refractivity contribution in [2.24, 2.45) is 5.73 Å². The predicted molar refractivity (Wildman–Crippen MR) is 111 cm³/mol. The first kappa shape index (κ1) is 19.5. The van der Waals surface area contributed by atoms with E-state index >= 15 is 0 Å². The smallest absolute Gasteiger partial charge is 0.269 e. The molecule has 0 saturated carbocycles. The number of primary amides is 1. The van der Waals surface area contributed by atoms with Crippen LogP contribution < -0.4 is 10.6 Å². The lowest BCUT2D eigenvalue weighted by Gasteiger charge is -2.18. The second-order valence-electron chi connectivity index (χ2n) is 6.59. The van der Waals surface area contributed by atoms with Gasteiger partial charge in [0.15, 0.2) is 10.6 Å². The molecule has 2 aromatic carbocycles. The Morgan fingerprint density at radius 1 is 1.31 bits per heavy atom. The minimum atomic E-state index is -1.24. The molecule has 0 aliphatic heterocycles. The van der Waals surface area contributed by atoms with Crippen LogP contribution in [0.3, 0.4) is 0 Å². The molecule has 29 heavy (non-hydrogen) atoms. The van der Waals surface area contributed by atoms with E-state index in [-0.39, 0.29) is 22.2 Å². The van der Waals surface area contributed by atoms with Crippen LogP contribution in [-0.4, -0.2) is 32.6 Å². The van der Waals surface area contributed by atoms with Gasteiger partial charge in [0, 0.05) is 17.2 Å². The van der Waals surface area contributed by atoms with E-state index in [2.05, 4.69) is 5.10 Å². The van der Waals surface area contributed by atoms with E-state index in [0.29, 0.717) is 22.6 Å². The van der Waals surface area contributed by atoms with Gasteiger partial charge in [-0.3, -0.25) is 10.2 Å². The average Bonchev–Trinajstić information content (AvgIpc) is 3.07. The minimum Gasteiger partial charge on any atom is -0.612 e. The van der Waals surface area contributed by atoms with Crippen molar-refractivity contribution in [3.05, 3.63) is 69.9 Å². The molecule has 1 aromatic heterocycles. The quantitative estimate of drug-likeness (QED) is 0.377. The maximum Gasteiger partial charge on any atom is 0.269 e. The van der Waals surface area contributed by atoms with E-state index < -0.39 is 17.1 Å². The molecular weight excluding hydrogens is 412 g/mol. The molecular formula is C20H17ClN4O3S. The summed E-state index contributed by atoms with van der Waals surface area (Å²) in [5.41, 5.74) is 9.16. The van der Waals surface area contributed by atoms with Gasteiger partial charge < -0.3 is 15.1 Å². The molecule has 1 aliphatic rings. The molecule has 1 unspecified atom stereocenters. The zero-order valence-corrected chi connectivity index (χ0v) is 17.0. The topological polar surface area (TPSA) is 117 Å². The van der Waals surface area contributed by atoms with Crippen LogP contribution in [0, 0.1) is 5.41 Å². The zero-order chi connectivity index (χ0) is 20.7. The highest BCUT2D eigenvalue weighted by molar-refractivity contribution is 7.90. The van der Waals surface area contributed by atoms with Crippen molar-refractivity contribution in [1.82, 2.24) is 9.94 Å². The van der Waals surface area contributed by atoms with Gasteiger partial charge in [0.2, 0.25) is 5.90 Å². The molecule has 1 amide bonds. The number of nitrogens with two attached hydrogens (primary N) is 1. The summed E-state index contributed by atoms with van der Waals surface area (Å²) in [6, 6.07) is 12.5. The van der Waals surface area contributed by atoms with Crippen LogP contribution in [0.4, 0.5) is 0 Å². The molecule has 3 aromatic rings. The van der Waals surface area contributed by atoms with E-state index in [1.54, 1.807) is 18.2 Å². The van der Waals surface area contributed by atoms with E-state index in [9.17, 15) is 9.35 Å². The normalized spacial score (nSPS) is 13.3. The van der Waals surface area contributed by atoms with E-state index in [1.165, 1.54) is 6.26 Å². The van der Waals surface area contributed by atoms with Crippen LogP contribution in [0.5, 0.6) is 0 Å². The lowest BCUT2D eigenvalue weighted by Crippen LogP contribution is -2.23. The van der Waals surface area contributed by atoms with Gasteiger partial charge in [0.25, 0.3) is 5.91 Å². The molecule has 1 heterocycles. The van der Waals surface area contributed by atoms with E-state index in [1.807, 2.05) is 24.3 Å². The minimum absolute atomic E-state index is 0.122. The molecule has 0 bridgehead atoms. The molecule has 9 heteroatoms. The van der Waals surface area contributed by atoms with Crippen LogP contribution in [0.1, 0.15) is 27.2 Å². The number of aromatic nitrogens is 2. The number of aryl methyl sites for hydroxylation is 1. The van der Waals surface area contributed by atoms with Crippen molar-refractivity contribution < 1.29 is 14.2 Å². The number of amides is 1. The first-order chi connectivity index (χ1) is 13.9. The lowest BCUT2D eigenvalue weighted by atomic mass is 9.89. The monoisotopic (exact) mass is 428 g/mol. The van der Waals surface area contributed by atoms with Crippen LogP contribution in [-0.2, 0) is 24.0 Å². The maximum absolute atomic E-state index is 11.9. The van der Waals surface area contributed by atoms with Crippen LogP contribution in [0.15, 0.2) is 47.4 Å². The Labute approximate surface area is 175 Å². The first-order valence-electron chi connectivity index (χ1n) is 8.77. The fraction of sp³-hybridized carbons (Fsp3) is 0.150. The summed E-state index contributed by atoms with van der Waals surface area (Å²) in [6.45, 7) is 0. The fourth-order valence-electron chi connectivity index (χ4n) is 3.42. The second-order valence-corrected chi connectivity index (χ2v) is 8.37. The van der Waals surface area contributed by atoms with Crippen LogP contribution in [0.25, 0.3) is 11.3 Å². The summed E-state index contributed by atoms with van der Waals surface area (Å²) in [6.07, 6.45) is 2.88. The molecule has 0 saturated heterocycles. The number of hydrogen-bond donors (Lipinski definition) is 2. The Morgan fingerprint density at radius 3 is 2.79 bits per heavy atom. The first-order valence-corrected chi connectivity index (χ1v) is 10.7. The Hall–Kier alpha value is -2.81. The molecule has 0 fully saturated rings. The van der Waals surface area contributed by atoms with Crippen molar-refractivity contribution >= 4 is 34.6 Å². The largest absolute Gasteiger partial charge is 0.612 e. The van der Waals surface area contributed by atoms with Gasteiger partial charge in [-0.1, -0.05) is 40.7 Å². The summed E-state index contributed by atoms with van der Waals surface area (Å²) >= 11 is 4.98. The SMILES string of the molecule is C[S+]([O-])c1ccc(Cl)c(C(=N)On2nc(C(N)=O)c3c2-c2ccccc2CC3)c1. The Bertz CT molecular complexity index is 1140. The van der Waals surface area contributed by atoms with Gasteiger partial charge in [-0.2, -0.15) is 0 Å². The van der Waals surface area contributed by atoms with Crippen LogP contribution >= 0.6 is 11.6 Å². The Morgan fingerprint density at radius 2 is 2.07 bits per heavy atom. The van der Waals surface area contributed by atoms with Gasteiger partial charge in [0.1, 0.15) is 11.9 Å². The number of hydrogen-bond acceptors (Lipinski definition) is 5. The van der Waals surface area contributed by atoms with Gasteiger partial charge in [0.05, 0.1) is 10.6 Å². The van der Waals surface area contributed by atoms with Crippen molar-refractivity contribution in [3.8, 4) is 11.3 Å². The van der Waals surface area contributed by atoms with Gasteiger partial charge in [-0.15, -0.1) is 5.10 Å². The number of carbonyl (C=O) groups is 1. The molecule has 1 aliphatic carbocycles. The summed E-state index contributed by atoms with van der Waals surface area (Å²) in [5, 5.41) is 12.9. The van der Waals surface area contributed by atoms with E-state index in [0.717, 1.165) is 22.4 Å². The highest BCUT2D eigenvalue weighted by Crippen LogP contribution is 2.35. The number of benzene rings is 2. The van der Waals surface area contributed by atoms with E-state index in [4.69, 9.17) is 27.6 Å². The lowest BCUT2D eigenvalue weighted by molar-refractivity contribution is 0.0989. The molecule has 0 radical (unpaired) electrons. The number of carbonyl (C=O) groups excluding carboxylic acids is 1. The highest BCUT2D eigenvalue weighted by atomic mass is 35.5. The molecule has 148 valence electrons. The summed E-state index contributed by atoms with van der Waals surface area (Å²) in [4.78, 5) is 19.3. The van der Waals surface area contributed by atoms with Gasteiger partial charge in [-0.25, -0.2) is 0 Å². The molecule has 7 nitrogen and oxygen atoms in total.